The largest absolute Gasteiger partial charge is 0.215 e. The zero-order chi connectivity index (χ0) is 12.4. The Morgan fingerprint density at radius 2 is 1.71 bits per heavy atom. The number of benzene rings is 1. The third-order valence-electron chi connectivity index (χ3n) is 2.41. The van der Waals surface area contributed by atoms with Gasteiger partial charge in [-0.3, -0.25) is 0 Å². The van der Waals surface area contributed by atoms with Gasteiger partial charge in [0.1, 0.15) is 10.3 Å². The summed E-state index contributed by atoms with van der Waals surface area (Å²) in [5.74, 6) is 0.581. The number of hydrogen-bond acceptors (Lipinski definition) is 2. The molecule has 0 bridgehead atoms. The minimum absolute atomic E-state index is 0.395. The van der Waals surface area contributed by atoms with Crippen LogP contribution < -0.4 is 0 Å². The zero-order valence-electron chi connectivity index (χ0n) is 9.04. The van der Waals surface area contributed by atoms with E-state index in [1.807, 2.05) is 40.8 Å². The smallest absolute Gasteiger partial charge is 0.162 e. The molecule has 1 aromatic carbocycles. The predicted molar refractivity (Wildman–Crippen MR) is 79.6 cm³/mol. The molecule has 0 radical (unpaired) electrons. The molecule has 0 saturated carbocycles. The van der Waals surface area contributed by atoms with Crippen LogP contribution in [-0.4, -0.2) is 9.97 Å². The molecule has 0 aliphatic heterocycles. The molecule has 0 aliphatic rings. The van der Waals surface area contributed by atoms with Crippen LogP contribution in [0.3, 0.4) is 0 Å². The number of nitrogens with zero attached hydrogens (tertiary/aromatic N) is 2. The Morgan fingerprint density at radius 3 is 2.29 bits per heavy atom. The fourth-order valence-electron chi connectivity index (χ4n) is 1.56. The van der Waals surface area contributed by atoms with Crippen molar-refractivity contribution in [3.8, 4) is 11.4 Å². The van der Waals surface area contributed by atoms with Gasteiger partial charge >= 0.3 is 0 Å². The van der Waals surface area contributed by atoms with Crippen molar-refractivity contribution in [2.75, 3.05) is 0 Å². The summed E-state index contributed by atoms with van der Waals surface area (Å²) in [5.41, 5.74) is 2.16. The van der Waals surface area contributed by atoms with Gasteiger partial charge in [0.2, 0.25) is 0 Å². The average Bonchev–Trinajstić information content (AvgIpc) is 2.35. The Bertz CT molecular complexity index is 535. The van der Waals surface area contributed by atoms with E-state index >= 15 is 0 Å². The van der Waals surface area contributed by atoms with Crippen molar-refractivity contribution in [1.29, 1.82) is 0 Å². The van der Waals surface area contributed by atoms with Gasteiger partial charge in [-0.15, -0.1) is 0 Å². The van der Waals surface area contributed by atoms with E-state index in [2.05, 4.69) is 23.0 Å². The van der Waals surface area contributed by atoms with Crippen LogP contribution in [0.1, 0.15) is 12.5 Å². The van der Waals surface area contributed by atoms with Crippen LogP contribution in [0.25, 0.3) is 11.4 Å². The van der Waals surface area contributed by atoms with Crippen molar-refractivity contribution in [2.24, 2.45) is 0 Å². The summed E-state index contributed by atoms with van der Waals surface area (Å²) in [6, 6.07) is 7.99. The molecule has 0 N–H and O–H groups in total. The monoisotopic (exact) mass is 378 g/mol. The van der Waals surface area contributed by atoms with Crippen molar-refractivity contribution >= 4 is 45.8 Å². The van der Waals surface area contributed by atoms with Gasteiger partial charge in [0.05, 0.1) is 3.57 Å². The summed E-state index contributed by atoms with van der Waals surface area (Å²) < 4.78 is 0.684. The van der Waals surface area contributed by atoms with Gasteiger partial charge in [-0.2, -0.15) is 0 Å². The number of halogens is 3. The lowest BCUT2D eigenvalue weighted by molar-refractivity contribution is 1.10. The summed E-state index contributed by atoms with van der Waals surface area (Å²) >= 11 is 14.1. The number of hydrogen-bond donors (Lipinski definition) is 0. The molecule has 2 aromatic rings. The third-order valence-corrected chi connectivity index (χ3v) is 4.62. The number of aromatic nitrogens is 2. The van der Waals surface area contributed by atoms with E-state index in [4.69, 9.17) is 23.2 Å². The van der Waals surface area contributed by atoms with Crippen LogP contribution in [0, 0.1) is 3.57 Å². The molecule has 0 atom stereocenters. The fraction of sp³-hybridized carbons (Fsp3) is 0.167. The molecule has 88 valence electrons. The van der Waals surface area contributed by atoms with E-state index in [0.717, 1.165) is 12.0 Å². The van der Waals surface area contributed by atoms with E-state index in [0.29, 0.717) is 19.7 Å². The van der Waals surface area contributed by atoms with Crippen molar-refractivity contribution < 1.29 is 0 Å². The van der Waals surface area contributed by atoms with E-state index < -0.39 is 0 Å². The molecule has 0 aliphatic carbocycles. The molecule has 0 unspecified atom stereocenters. The highest BCUT2D eigenvalue weighted by molar-refractivity contribution is 14.1. The molecular weight excluding hydrogens is 370 g/mol. The highest BCUT2D eigenvalue weighted by atomic mass is 127. The minimum atomic E-state index is 0.395. The minimum Gasteiger partial charge on any atom is -0.215 e. The van der Waals surface area contributed by atoms with Gasteiger partial charge in [0.25, 0.3) is 0 Å². The van der Waals surface area contributed by atoms with E-state index in [-0.39, 0.29) is 0 Å². The van der Waals surface area contributed by atoms with Crippen LogP contribution in [0.4, 0.5) is 0 Å². The van der Waals surface area contributed by atoms with Gasteiger partial charge in [-0.25, -0.2) is 9.97 Å². The molecule has 5 heteroatoms. The Labute approximate surface area is 124 Å². The maximum absolute atomic E-state index is 6.02. The van der Waals surface area contributed by atoms with Crippen LogP contribution >= 0.6 is 45.8 Å². The zero-order valence-corrected chi connectivity index (χ0v) is 12.7. The molecule has 1 heterocycles. The molecule has 0 fully saturated rings. The summed E-state index contributed by atoms with van der Waals surface area (Å²) in [5, 5.41) is 0.790. The SMILES string of the molecule is CCc1ccccc1-c1nc(Cl)c(I)c(Cl)n1. The molecule has 2 rings (SSSR count). The Balaban J connectivity index is 2.61. The molecule has 2 nitrogen and oxygen atoms in total. The second-order valence-electron chi connectivity index (χ2n) is 3.45. The van der Waals surface area contributed by atoms with Crippen LogP contribution in [0.2, 0.25) is 10.3 Å². The Morgan fingerprint density at radius 1 is 1.12 bits per heavy atom. The van der Waals surface area contributed by atoms with E-state index in [1.54, 1.807) is 0 Å². The van der Waals surface area contributed by atoms with E-state index in [9.17, 15) is 0 Å². The first kappa shape index (κ1) is 13.1. The third kappa shape index (κ3) is 2.72. The van der Waals surface area contributed by atoms with Crippen molar-refractivity contribution in [3.63, 3.8) is 0 Å². The van der Waals surface area contributed by atoms with Gasteiger partial charge < -0.3 is 0 Å². The quantitative estimate of drug-likeness (QED) is 0.563. The standard InChI is InChI=1S/C12H9Cl2IN2/c1-2-7-5-3-4-6-8(7)12-16-10(13)9(15)11(14)17-12/h3-6H,2H2,1H3. The lowest BCUT2D eigenvalue weighted by atomic mass is 10.1. The summed E-state index contributed by atoms with van der Waals surface area (Å²) in [6.07, 6.45) is 0.917. The van der Waals surface area contributed by atoms with Gasteiger partial charge in [-0.1, -0.05) is 54.4 Å². The lowest BCUT2D eigenvalue weighted by Crippen LogP contribution is -1.96. The summed E-state index contributed by atoms with van der Waals surface area (Å²) in [4.78, 5) is 8.55. The van der Waals surface area contributed by atoms with Crippen LogP contribution in [-0.2, 0) is 6.42 Å². The number of aryl methyl sites for hydroxylation is 1. The summed E-state index contributed by atoms with van der Waals surface area (Å²) in [7, 11) is 0. The number of rotatable bonds is 2. The topological polar surface area (TPSA) is 25.8 Å². The molecule has 0 spiro atoms. The maximum Gasteiger partial charge on any atom is 0.162 e. The van der Waals surface area contributed by atoms with Crippen molar-refractivity contribution in [3.05, 3.63) is 43.7 Å². The second kappa shape index (κ2) is 5.50. The summed E-state index contributed by atoms with van der Waals surface area (Å²) in [6.45, 7) is 2.09. The highest BCUT2D eigenvalue weighted by Gasteiger charge is 2.12. The van der Waals surface area contributed by atoms with Crippen LogP contribution in [0.15, 0.2) is 24.3 Å². The average molecular weight is 379 g/mol. The second-order valence-corrected chi connectivity index (χ2v) is 5.25. The lowest BCUT2D eigenvalue weighted by Gasteiger charge is -2.07. The molecule has 17 heavy (non-hydrogen) atoms. The van der Waals surface area contributed by atoms with Crippen molar-refractivity contribution in [1.82, 2.24) is 9.97 Å². The van der Waals surface area contributed by atoms with E-state index in [1.165, 1.54) is 5.56 Å². The van der Waals surface area contributed by atoms with Crippen LogP contribution in [0.5, 0.6) is 0 Å². The first-order valence-corrected chi connectivity index (χ1v) is 6.93. The highest BCUT2D eigenvalue weighted by Crippen LogP contribution is 2.28. The first-order chi connectivity index (χ1) is 8.13. The Hall–Kier alpha value is -0.390. The van der Waals surface area contributed by atoms with Gasteiger partial charge in [0, 0.05) is 5.56 Å². The molecule has 1 aromatic heterocycles. The molecule has 0 amide bonds. The maximum atomic E-state index is 6.02. The predicted octanol–water partition coefficient (Wildman–Crippen LogP) is 4.62. The normalized spacial score (nSPS) is 10.6. The molecular formula is C12H9Cl2IN2. The first-order valence-electron chi connectivity index (χ1n) is 5.10. The van der Waals surface area contributed by atoms with Gasteiger partial charge in [-0.05, 0) is 34.6 Å². The molecule has 0 saturated heterocycles. The van der Waals surface area contributed by atoms with Gasteiger partial charge in [0.15, 0.2) is 5.82 Å². The fourth-order valence-corrected chi connectivity index (χ4v) is 2.19. The Kier molecular flexibility index (Phi) is 4.22. The van der Waals surface area contributed by atoms with Crippen molar-refractivity contribution in [2.45, 2.75) is 13.3 Å².